The molecule has 0 aromatic carbocycles. The minimum absolute atomic E-state index is 0.0295. The van der Waals surface area contributed by atoms with Crippen LogP contribution in [0.25, 0.3) is 11.4 Å². The number of ether oxygens (including phenoxy) is 1. The van der Waals surface area contributed by atoms with Crippen molar-refractivity contribution in [2.45, 2.75) is 38.3 Å². The highest BCUT2D eigenvalue weighted by atomic mass is 19.4. The monoisotopic (exact) mass is 530 g/mol. The molecule has 37 heavy (non-hydrogen) atoms. The number of hydrogen-bond acceptors (Lipinski definition) is 8. The first-order valence-electron chi connectivity index (χ1n) is 10.8. The van der Waals surface area contributed by atoms with E-state index in [-0.39, 0.29) is 29.4 Å². The first kappa shape index (κ1) is 26.2. The molecule has 3 aromatic heterocycles. The molecule has 198 valence electrons. The SMILES string of the molecule is Cc1c(-c2ncc(F)cn2)c(C(=O)N2CC(F)(F)O[C@@H](C)[C@H]2CNc2cnc(C(F)(F)F)cn2)nn1C. The summed E-state index contributed by atoms with van der Waals surface area (Å²) in [4.78, 5) is 29.1. The molecular weight excluding hydrogens is 510 g/mol. The Labute approximate surface area is 205 Å². The van der Waals surface area contributed by atoms with Crippen LogP contribution in [-0.2, 0) is 18.0 Å². The van der Waals surface area contributed by atoms with Gasteiger partial charge in [-0.25, -0.2) is 24.3 Å². The van der Waals surface area contributed by atoms with E-state index < -0.39 is 48.4 Å². The number of nitrogens with zero attached hydrogens (tertiary/aromatic N) is 7. The minimum Gasteiger partial charge on any atom is -0.367 e. The van der Waals surface area contributed by atoms with Crippen molar-refractivity contribution in [3.05, 3.63) is 47.7 Å². The standard InChI is InChI=1S/C21H20F6N8O2/c1-10-16(18-31-4-12(22)5-32-18)17(33-34(10)3)19(36)35-9-20(23,24)37-11(2)13(35)6-29-15-8-28-14(7-30-15)21(25,26)27/h4-5,7-8,11,13H,6,9H2,1-3H3,(H,29,30)/t11-,13+/m0/s1. The molecule has 1 saturated heterocycles. The molecule has 10 nitrogen and oxygen atoms in total. The van der Waals surface area contributed by atoms with Gasteiger partial charge >= 0.3 is 12.3 Å². The number of rotatable bonds is 5. The Hall–Kier alpha value is -3.82. The van der Waals surface area contributed by atoms with Crippen LogP contribution in [0.3, 0.4) is 0 Å². The molecule has 1 N–H and O–H groups in total. The quantitative estimate of drug-likeness (QED) is 0.502. The van der Waals surface area contributed by atoms with Crippen LogP contribution in [0.15, 0.2) is 24.8 Å². The van der Waals surface area contributed by atoms with Gasteiger partial charge in [-0.3, -0.25) is 9.48 Å². The number of nitrogens with one attached hydrogen (secondary N) is 1. The van der Waals surface area contributed by atoms with E-state index in [0.29, 0.717) is 11.9 Å². The van der Waals surface area contributed by atoms with Crippen molar-refractivity contribution in [3.63, 3.8) is 0 Å². The van der Waals surface area contributed by atoms with E-state index >= 15 is 0 Å². The largest absolute Gasteiger partial charge is 0.434 e. The molecule has 1 aliphatic rings. The van der Waals surface area contributed by atoms with E-state index in [0.717, 1.165) is 23.5 Å². The number of carbonyl (C=O) groups is 1. The fourth-order valence-corrected chi connectivity index (χ4v) is 3.83. The number of carbonyl (C=O) groups excluding carboxylic acids is 1. The summed E-state index contributed by atoms with van der Waals surface area (Å²) in [5.41, 5.74) is -0.881. The Morgan fingerprint density at radius 3 is 2.43 bits per heavy atom. The van der Waals surface area contributed by atoms with Crippen molar-refractivity contribution in [1.82, 2.24) is 34.6 Å². The number of halogens is 6. The van der Waals surface area contributed by atoms with Crippen LogP contribution >= 0.6 is 0 Å². The predicted octanol–water partition coefficient (Wildman–Crippen LogP) is 3.07. The molecule has 2 atom stereocenters. The number of amides is 1. The molecule has 0 radical (unpaired) electrons. The summed E-state index contributed by atoms with van der Waals surface area (Å²) in [6.07, 6.45) is -6.42. The smallest absolute Gasteiger partial charge is 0.367 e. The second-order valence-corrected chi connectivity index (χ2v) is 8.28. The summed E-state index contributed by atoms with van der Waals surface area (Å²) in [6.45, 7) is 1.59. The summed E-state index contributed by atoms with van der Waals surface area (Å²) in [6, 6.07) is -1.01. The van der Waals surface area contributed by atoms with E-state index in [1.54, 1.807) is 6.92 Å². The number of morpholine rings is 1. The molecular formula is C21H20F6N8O2. The molecule has 0 saturated carbocycles. The summed E-state index contributed by atoms with van der Waals surface area (Å²) < 4.78 is 86.4. The zero-order valence-corrected chi connectivity index (χ0v) is 19.6. The normalized spacial score (nSPS) is 19.6. The van der Waals surface area contributed by atoms with Gasteiger partial charge in [0.1, 0.15) is 12.4 Å². The van der Waals surface area contributed by atoms with Gasteiger partial charge in [-0.1, -0.05) is 0 Å². The van der Waals surface area contributed by atoms with Crippen LogP contribution in [0, 0.1) is 12.7 Å². The van der Waals surface area contributed by atoms with Crippen LogP contribution in [0.4, 0.5) is 32.2 Å². The van der Waals surface area contributed by atoms with Crippen LogP contribution in [0.1, 0.15) is 28.8 Å². The summed E-state index contributed by atoms with van der Waals surface area (Å²) in [5.74, 6) is -1.71. The van der Waals surface area contributed by atoms with Gasteiger partial charge in [0.15, 0.2) is 23.0 Å². The Morgan fingerprint density at radius 2 is 1.84 bits per heavy atom. The Kier molecular flexibility index (Phi) is 6.79. The third-order valence-corrected chi connectivity index (χ3v) is 5.73. The van der Waals surface area contributed by atoms with E-state index in [1.807, 2.05) is 0 Å². The molecule has 16 heteroatoms. The average Bonchev–Trinajstić information content (AvgIpc) is 3.11. The lowest BCUT2D eigenvalue weighted by molar-refractivity contribution is -0.298. The first-order valence-corrected chi connectivity index (χ1v) is 10.8. The van der Waals surface area contributed by atoms with Crippen LogP contribution < -0.4 is 5.32 Å². The van der Waals surface area contributed by atoms with Gasteiger partial charge in [0.05, 0.1) is 42.5 Å². The summed E-state index contributed by atoms with van der Waals surface area (Å²) in [5, 5.41) is 6.86. The molecule has 1 aliphatic heterocycles. The average molecular weight is 530 g/mol. The Balaban J connectivity index is 1.64. The van der Waals surface area contributed by atoms with Crippen molar-refractivity contribution in [2.24, 2.45) is 7.05 Å². The van der Waals surface area contributed by atoms with Crippen LogP contribution in [-0.4, -0.2) is 71.9 Å². The van der Waals surface area contributed by atoms with Gasteiger partial charge in [-0.05, 0) is 13.8 Å². The second kappa shape index (κ2) is 9.57. The van der Waals surface area contributed by atoms with Crippen molar-refractivity contribution < 1.29 is 35.9 Å². The highest BCUT2D eigenvalue weighted by molar-refractivity contribution is 5.99. The zero-order chi connectivity index (χ0) is 27.1. The van der Waals surface area contributed by atoms with Crippen LogP contribution in [0.2, 0.25) is 0 Å². The van der Waals surface area contributed by atoms with Gasteiger partial charge in [0.2, 0.25) is 0 Å². The maximum Gasteiger partial charge on any atom is 0.434 e. The van der Waals surface area contributed by atoms with E-state index in [4.69, 9.17) is 4.74 Å². The highest BCUT2D eigenvalue weighted by Gasteiger charge is 2.48. The zero-order valence-electron chi connectivity index (χ0n) is 19.6. The molecule has 0 aliphatic carbocycles. The van der Waals surface area contributed by atoms with E-state index in [9.17, 15) is 31.1 Å². The Morgan fingerprint density at radius 1 is 1.16 bits per heavy atom. The molecule has 1 fully saturated rings. The topological polar surface area (TPSA) is 111 Å². The predicted molar refractivity (Wildman–Crippen MR) is 115 cm³/mol. The summed E-state index contributed by atoms with van der Waals surface area (Å²) in [7, 11) is 1.53. The third kappa shape index (κ3) is 5.47. The summed E-state index contributed by atoms with van der Waals surface area (Å²) >= 11 is 0. The van der Waals surface area contributed by atoms with Crippen molar-refractivity contribution in [3.8, 4) is 11.4 Å². The molecule has 4 rings (SSSR count). The van der Waals surface area contributed by atoms with Gasteiger partial charge in [-0.15, -0.1) is 0 Å². The number of hydrogen-bond donors (Lipinski definition) is 1. The van der Waals surface area contributed by atoms with Gasteiger partial charge in [0, 0.05) is 19.3 Å². The first-order chi connectivity index (χ1) is 17.3. The van der Waals surface area contributed by atoms with Crippen molar-refractivity contribution in [2.75, 3.05) is 18.4 Å². The second-order valence-electron chi connectivity index (χ2n) is 8.28. The number of aromatic nitrogens is 6. The van der Waals surface area contributed by atoms with Gasteiger partial charge in [0.25, 0.3) is 5.91 Å². The minimum atomic E-state index is -4.68. The number of anilines is 1. The maximum atomic E-state index is 14.4. The Bertz CT molecular complexity index is 1280. The highest BCUT2D eigenvalue weighted by Crippen LogP contribution is 2.33. The molecule has 1 amide bonds. The van der Waals surface area contributed by atoms with E-state index in [2.05, 4.69) is 30.4 Å². The molecule has 0 unspecified atom stereocenters. The fraction of sp³-hybridized carbons (Fsp3) is 0.429. The number of aryl methyl sites for hydroxylation is 1. The third-order valence-electron chi connectivity index (χ3n) is 5.73. The van der Waals surface area contributed by atoms with E-state index in [1.165, 1.54) is 18.7 Å². The van der Waals surface area contributed by atoms with Gasteiger partial charge in [-0.2, -0.15) is 27.1 Å². The molecule has 4 heterocycles. The molecule has 0 spiro atoms. The lowest BCUT2D eigenvalue weighted by Crippen LogP contribution is -2.61. The molecule has 0 bridgehead atoms. The lowest BCUT2D eigenvalue weighted by atomic mass is 10.1. The number of alkyl halides is 5. The fourth-order valence-electron chi connectivity index (χ4n) is 3.83. The lowest BCUT2D eigenvalue weighted by Gasteiger charge is -2.43. The van der Waals surface area contributed by atoms with Crippen molar-refractivity contribution >= 4 is 11.7 Å². The molecule has 3 aromatic rings. The van der Waals surface area contributed by atoms with Gasteiger partial charge < -0.3 is 15.0 Å². The van der Waals surface area contributed by atoms with Crippen molar-refractivity contribution in [1.29, 1.82) is 0 Å². The maximum absolute atomic E-state index is 14.4. The van der Waals surface area contributed by atoms with Crippen LogP contribution in [0.5, 0.6) is 0 Å².